The van der Waals surface area contributed by atoms with Crippen LogP contribution >= 0.6 is 0 Å². The minimum Gasteiger partial charge on any atom is -0.390 e. The molecular weight excluding hydrogens is 104 g/mol. The summed E-state index contributed by atoms with van der Waals surface area (Å²) in [6, 6.07) is 0. The molecule has 0 aliphatic heterocycles. The third kappa shape index (κ3) is 1.46. The van der Waals surface area contributed by atoms with Crippen molar-refractivity contribution in [2.24, 2.45) is 0 Å². The van der Waals surface area contributed by atoms with Gasteiger partial charge in [-0.15, -0.1) is 0 Å². The fraction of sp³-hybridized carbons (Fsp3) is 1.00. The molecule has 1 rings (SSSR count). The van der Waals surface area contributed by atoms with Crippen LogP contribution in [0, 0.1) is 0 Å². The summed E-state index contributed by atoms with van der Waals surface area (Å²) in [7, 11) is 1.66. The molecule has 0 atom stereocenters. The Morgan fingerprint density at radius 3 is 2.62 bits per heavy atom. The van der Waals surface area contributed by atoms with E-state index in [0.29, 0.717) is 6.61 Å². The molecule has 0 saturated heterocycles. The Kier molecular flexibility index (Phi) is 1.54. The number of aliphatic hydroxyl groups is 1. The molecule has 0 aromatic rings. The van der Waals surface area contributed by atoms with E-state index < -0.39 is 0 Å². The Labute approximate surface area is 49.5 Å². The summed E-state index contributed by atoms with van der Waals surface area (Å²) < 4.78 is 4.80. The second-order valence-electron chi connectivity index (χ2n) is 2.47. The van der Waals surface area contributed by atoms with Crippen LogP contribution in [0.5, 0.6) is 0 Å². The Balaban J connectivity index is 2.01. The van der Waals surface area contributed by atoms with Crippen molar-refractivity contribution in [2.45, 2.75) is 24.9 Å². The monoisotopic (exact) mass is 116 g/mol. The zero-order chi connectivity index (χ0) is 6.04. The van der Waals surface area contributed by atoms with E-state index in [0.717, 1.165) is 19.3 Å². The molecule has 48 valence electrons. The standard InChI is InChI=1S/C6H12O2/c1-8-5-4-6(7)2-3-6/h7H,2-5H2,1H3. The highest BCUT2D eigenvalue weighted by atomic mass is 16.5. The molecule has 0 aromatic carbocycles. The van der Waals surface area contributed by atoms with Crippen LogP contribution in [-0.2, 0) is 4.74 Å². The highest BCUT2D eigenvalue weighted by Gasteiger charge is 2.39. The van der Waals surface area contributed by atoms with Crippen LogP contribution in [0.4, 0.5) is 0 Å². The Bertz CT molecular complexity index is 76.6. The van der Waals surface area contributed by atoms with Gasteiger partial charge in [0.25, 0.3) is 0 Å². The van der Waals surface area contributed by atoms with Crippen molar-refractivity contribution in [3.8, 4) is 0 Å². The van der Waals surface area contributed by atoms with Gasteiger partial charge in [0.05, 0.1) is 5.60 Å². The van der Waals surface area contributed by atoms with E-state index in [1.54, 1.807) is 7.11 Å². The van der Waals surface area contributed by atoms with Crippen molar-refractivity contribution in [2.75, 3.05) is 13.7 Å². The second-order valence-corrected chi connectivity index (χ2v) is 2.47. The molecule has 1 aliphatic carbocycles. The maximum absolute atomic E-state index is 9.18. The van der Waals surface area contributed by atoms with Gasteiger partial charge in [0.15, 0.2) is 0 Å². The fourth-order valence-electron chi connectivity index (χ4n) is 0.686. The maximum Gasteiger partial charge on any atom is 0.0671 e. The number of methoxy groups -OCH3 is 1. The predicted molar refractivity (Wildman–Crippen MR) is 30.7 cm³/mol. The summed E-state index contributed by atoms with van der Waals surface area (Å²) in [6.07, 6.45) is 2.75. The number of ether oxygens (including phenoxy) is 1. The van der Waals surface area contributed by atoms with E-state index in [1.165, 1.54) is 0 Å². The van der Waals surface area contributed by atoms with Gasteiger partial charge < -0.3 is 9.84 Å². The molecule has 8 heavy (non-hydrogen) atoms. The van der Waals surface area contributed by atoms with Crippen molar-refractivity contribution in [3.05, 3.63) is 0 Å². The zero-order valence-electron chi connectivity index (χ0n) is 5.18. The van der Waals surface area contributed by atoms with Gasteiger partial charge in [-0.2, -0.15) is 0 Å². The van der Waals surface area contributed by atoms with Crippen LogP contribution in [-0.4, -0.2) is 24.4 Å². The van der Waals surface area contributed by atoms with Gasteiger partial charge in [-0.3, -0.25) is 0 Å². The third-order valence-electron chi connectivity index (χ3n) is 1.60. The molecule has 0 heterocycles. The molecule has 1 aliphatic rings. The summed E-state index contributed by atoms with van der Waals surface area (Å²) in [6.45, 7) is 0.691. The number of hydrogen-bond acceptors (Lipinski definition) is 2. The summed E-state index contributed by atoms with van der Waals surface area (Å²) >= 11 is 0. The smallest absolute Gasteiger partial charge is 0.0671 e. The first-order chi connectivity index (χ1) is 3.77. The zero-order valence-corrected chi connectivity index (χ0v) is 5.18. The summed E-state index contributed by atoms with van der Waals surface area (Å²) in [4.78, 5) is 0. The Morgan fingerprint density at radius 2 is 2.25 bits per heavy atom. The van der Waals surface area contributed by atoms with Gasteiger partial charge in [0.1, 0.15) is 0 Å². The summed E-state index contributed by atoms with van der Waals surface area (Å²) in [5.41, 5.74) is -0.323. The second kappa shape index (κ2) is 2.03. The minimum atomic E-state index is -0.323. The van der Waals surface area contributed by atoms with Crippen molar-refractivity contribution < 1.29 is 9.84 Å². The lowest BCUT2D eigenvalue weighted by atomic mass is 10.2. The molecule has 2 nitrogen and oxygen atoms in total. The Morgan fingerprint density at radius 1 is 1.62 bits per heavy atom. The SMILES string of the molecule is COCCC1(O)CC1. The normalized spacial score (nSPS) is 23.2. The van der Waals surface area contributed by atoms with Crippen molar-refractivity contribution in [1.29, 1.82) is 0 Å². The van der Waals surface area contributed by atoms with E-state index >= 15 is 0 Å². The topological polar surface area (TPSA) is 29.5 Å². The molecule has 0 aromatic heterocycles. The molecule has 1 fully saturated rings. The van der Waals surface area contributed by atoms with Gasteiger partial charge in [-0.25, -0.2) is 0 Å². The average molecular weight is 116 g/mol. The lowest BCUT2D eigenvalue weighted by molar-refractivity contribution is 0.0924. The molecule has 0 bridgehead atoms. The first-order valence-corrected chi connectivity index (χ1v) is 2.98. The summed E-state index contributed by atoms with van der Waals surface area (Å²) in [5.74, 6) is 0. The fourth-order valence-corrected chi connectivity index (χ4v) is 0.686. The van der Waals surface area contributed by atoms with E-state index in [9.17, 15) is 5.11 Å². The lowest BCUT2D eigenvalue weighted by Crippen LogP contribution is -2.09. The molecular formula is C6H12O2. The summed E-state index contributed by atoms with van der Waals surface area (Å²) in [5, 5.41) is 9.18. The van der Waals surface area contributed by atoms with Crippen LogP contribution < -0.4 is 0 Å². The van der Waals surface area contributed by atoms with E-state index in [4.69, 9.17) is 4.74 Å². The molecule has 0 radical (unpaired) electrons. The largest absolute Gasteiger partial charge is 0.390 e. The van der Waals surface area contributed by atoms with Crippen LogP contribution in [0.1, 0.15) is 19.3 Å². The molecule has 1 N–H and O–H groups in total. The average Bonchev–Trinajstić information content (AvgIpc) is 2.45. The van der Waals surface area contributed by atoms with E-state index in [1.807, 2.05) is 0 Å². The highest BCUT2D eigenvalue weighted by molar-refractivity contribution is 4.92. The highest BCUT2D eigenvalue weighted by Crippen LogP contribution is 2.37. The van der Waals surface area contributed by atoms with Gasteiger partial charge in [-0.05, 0) is 19.3 Å². The number of rotatable bonds is 3. The van der Waals surface area contributed by atoms with E-state index in [2.05, 4.69) is 0 Å². The molecule has 0 unspecified atom stereocenters. The van der Waals surface area contributed by atoms with Gasteiger partial charge >= 0.3 is 0 Å². The molecule has 0 amide bonds. The third-order valence-corrected chi connectivity index (χ3v) is 1.60. The minimum absolute atomic E-state index is 0.323. The quantitative estimate of drug-likeness (QED) is 0.583. The van der Waals surface area contributed by atoms with Crippen LogP contribution in [0.25, 0.3) is 0 Å². The Hall–Kier alpha value is -0.0800. The molecule has 0 spiro atoms. The van der Waals surface area contributed by atoms with Crippen LogP contribution in [0.3, 0.4) is 0 Å². The van der Waals surface area contributed by atoms with E-state index in [-0.39, 0.29) is 5.60 Å². The van der Waals surface area contributed by atoms with Crippen molar-refractivity contribution in [3.63, 3.8) is 0 Å². The maximum atomic E-state index is 9.18. The van der Waals surface area contributed by atoms with Gasteiger partial charge in [0, 0.05) is 13.7 Å². The first-order valence-electron chi connectivity index (χ1n) is 2.98. The molecule has 1 saturated carbocycles. The molecule has 2 heteroatoms. The van der Waals surface area contributed by atoms with Gasteiger partial charge in [-0.1, -0.05) is 0 Å². The predicted octanol–water partition coefficient (Wildman–Crippen LogP) is 0.548. The first kappa shape index (κ1) is 6.05. The number of hydrogen-bond donors (Lipinski definition) is 1. The van der Waals surface area contributed by atoms with Crippen LogP contribution in [0.15, 0.2) is 0 Å². The van der Waals surface area contributed by atoms with Crippen molar-refractivity contribution in [1.82, 2.24) is 0 Å². The van der Waals surface area contributed by atoms with Gasteiger partial charge in [0.2, 0.25) is 0 Å². The van der Waals surface area contributed by atoms with Crippen molar-refractivity contribution >= 4 is 0 Å². The van der Waals surface area contributed by atoms with Crippen LogP contribution in [0.2, 0.25) is 0 Å². The lowest BCUT2D eigenvalue weighted by Gasteiger charge is -2.03.